The Hall–Kier alpha value is -3.11. The number of hydrogen-bond acceptors (Lipinski definition) is 7. The summed E-state index contributed by atoms with van der Waals surface area (Å²) < 4.78 is 17.0. The van der Waals surface area contributed by atoms with Gasteiger partial charge in [-0.05, 0) is 43.0 Å². The summed E-state index contributed by atoms with van der Waals surface area (Å²) in [5.74, 6) is 0.404. The van der Waals surface area contributed by atoms with E-state index >= 15 is 0 Å². The fourth-order valence-electron chi connectivity index (χ4n) is 4.99. The van der Waals surface area contributed by atoms with Crippen LogP contribution in [0, 0.1) is 0 Å². The summed E-state index contributed by atoms with van der Waals surface area (Å²) in [7, 11) is 0. The second-order valence-electron chi connectivity index (χ2n) is 10.2. The molecule has 2 N–H and O–H groups in total. The molecule has 0 amide bonds. The van der Waals surface area contributed by atoms with Crippen LogP contribution in [0.4, 0.5) is 16.0 Å². The molecule has 1 saturated carbocycles. The first-order valence-electron chi connectivity index (χ1n) is 12.0. The lowest BCUT2D eigenvalue weighted by atomic mass is 9.79. The quantitative estimate of drug-likeness (QED) is 0.419. The van der Waals surface area contributed by atoms with Crippen molar-refractivity contribution >= 4 is 34.0 Å². The van der Waals surface area contributed by atoms with Crippen LogP contribution in [0.15, 0.2) is 34.6 Å². The molecule has 0 unspecified atom stereocenters. The Kier molecular flexibility index (Phi) is 5.08. The Morgan fingerprint density at radius 1 is 1.26 bits per heavy atom. The summed E-state index contributed by atoms with van der Waals surface area (Å²) >= 11 is 1.41. The molecule has 1 fully saturated rings. The van der Waals surface area contributed by atoms with Crippen molar-refractivity contribution in [3.63, 3.8) is 0 Å². The summed E-state index contributed by atoms with van der Waals surface area (Å²) in [6, 6.07) is 6.33. The molecule has 0 atom stereocenters. The Morgan fingerprint density at radius 2 is 2.09 bits per heavy atom. The fourth-order valence-corrected chi connectivity index (χ4v) is 5.95. The second-order valence-corrected chi connectivity index (χ2v) is 11.0. The van der Waals surface area contributed by atoms with E-state index in [1.54, 1.807) is 15.6 Å². The highest BCUT2D eigenvalue weighted by atomic mass is 32.1. The van der Waals surface area contributed by atoms with Gasteiger partial charge < -0.3 is 10.6 Å². The van der Waals surface area contributed by atoms with Crippen LogP contribution >= 0.6 is 11.3 Å². The van der Waals surface area contributed by atoms with E-state index in [-0.39, 0.29) is 11.0 Å². The summed E-state index contributed by atoms with van der Waals surface area (Å²) in [6.45, 7) is 8.19. The molecule has 10 heteroatoms. The van der Waals surface area contributed by atoms with Crippen LogP contribution in [-0.4, -0.2) is 37.5 Å². The second kappa shape index (κ2) is 7.96. The van der Waals surface area contributed by atoms with Gasteiger partial charge in [-0.1, -0.05) is 19.9 Å². The molecule has 0 saturated heterocycles. The van der Waals surface area contributed by atoms with Crippen LogP contribution in [0.1, 0.15) is 50.4 Å². The lowest BCUT2D eigenvalue weighted by molar-refractivity contribution is 0.412. The van der Waals surface area contributed by atoms with Crippen LogP contribution in [0.2, 0.25) is 0 Å². The number of thiazole rings is 1. The molecule has 0 radical (unpaired) electrons. The van der Waals surface area contributed by atoms with Crippen molar-refractivity contribution in [2.24, 2.45) is 0 Å². The molecule has 35 heavy (non-hydrogen) atoms. The van der Waals surface area contributed by atoms with E-state index in [0.717, 1.165) is 37.3 Å². The van der Waals surface area contributed by atoms with Gasteiger partial charge in [0.15, 0.2) is 5.65 Å². The van der Waals surface area contributed by atoms with E-state index in [0.29, 0.717) is 28.7 Å². The van der Waals surface area contributed by atoms with Gasteiger partial charge in [0.25, 0.3) is 5.56 Å². The first-order chi connectivity index (χ1) is 16.8. The third-order valence-corrected chi connectivity index (χ3v) is 8.09. The lowest BCUT2D eigenvalue weighted by Gasteiger charge is -2.33. The third-order valence-electron chi connectivity index (χ3n) is 7.27. The summed E-state index contributed by atoms with van der Waals surface area (Å²) in [4.78, 5) is 26.9. The Bertz CT molecular complexity index is 1500. The summed E-state index contributed by atoms with van der Waals surface area (Å²) in [6.07, 6.45) is 3.18. The monoisotopic (exact) mass is 493 g/mol. The Balaban J connectivity index is 1.40. The molecule has 3 aromatic heterocycles. The number of fused-ring (bicyclic) bond motifs is 2. The predicted octanol–water partition coefficient (Wildman–Crippen LogP) is 4.18. The number of rotatable bonds is 6. The zero-order valence-corrected chi connectivity index (χ0v) is 20.9. The standard InChI is InChI=1S/C25H28FN7OS/c1-4-32-21(34)17-11-28-22(29-16-5-6-18-15(9-16)10-27-14-24(18,2)3)31-20(17)33(32)23-30-19(12-35-23)25(13-26)7-8-25/h5-6,9,11-12,27H,4,7-8,10,13-14H2,1-3H3,(H,28,29,31). The van der Waals surface area contributed by atoms with E-state index in [1.807, 2.05) is 18.4 Å². The average molecular weight is 494 g/mol. The first kappa shape index (κ1) is 22.4. The van der Waals surface area contributed by atoms with Gasteiger partial charge in [-0.2, -0.15) is 4.98 Å². The minimum absolute atomic E-state index is 0.0778. The van der Waals surface area contributed by atoms with Gasteiger partial charge in [0.1, 0.15) is 12.1 Å². The maximum atomic E-state index is 13.6. The highest BCUT2D eigenvalue weighted by Crippen LogP contribution is 2.48. The number of halogens is 1. The zero-order valence-electron chi connectivity index (χ0n) is 20.1. The van der Waals surface area contributed by atoms with Crippen molar-refractivity contribution in [1.82, 2.24) is 29.6 Å². The molecule has 1 aliphatic heterocycles. The number of nitrogens with zero attached hydrogens (tertiary/aromatic N) is 5. The number of benzene rings is 1. The van der Waals surface area contributed by atoms with Gasteiger partial charge >= 0.3 is 0 Å². The van der Waals surface area contributed by atoms with Crippen LogP contribution in [0.5, 0.6) is 0 Å². The fraction of sp³-hybridized carbons (Fsp3) is 0.440. The Labute approximate surface area is 206 Å². The largest absolute Gasteiger partial charge is 0.324 e. The number of hydrogen-bond donors (Lipinski definition) is 2. The van der Waals surface area contributed by atoms with Crippen LogP contribution in [0.25, 0.3) is 16.2 Å². The maximum absolute atomic E-state index is 13.6. The highest BCUT2D eigenvalue weighted by Gasteiger charge is 2.46. The Morgan fingerprint density at radius 3 is 2.83 bits per heavy atom. The number of alkyl halides is 1. The number of anilines is 2. The van der Waals surface area contributed by atoms with E-state index in [4.69, 9.17) is 9.97 Å². The van der Waals surface area contributed by atoms with Gasteiger partial charge in [-0.25, -0.2) is 19.3 Å². The summed E-state index contributed by atoms with van der Waals surface area (Å²) in [5.41, 5.74) is 4.19. The van der Waals surface area contributed by atoms with Crippen molar-refractivity contribution in [2.75, 3.05) is 18.5 Å². The topological polar surface area (TPSA) is 89.7 Å². The molecule has 4 aromatic rings. The van der Waals surface area contributed by atoms with Gasteiger partial charge in [0, 0.05) is 47.7 Å². The molecule has 1 aromatic carbocycles. The highest BCUT2D eigenvalue weighted by molar-refractivity contribution is 7.12. The van der Waals surface area contributed by atoms with Crippen molar-refractivity contribution in [3.8, 4) is 5.13 Å². The van der Waals surface area contributed by atoms with Crippen LogP contribution < -0.4 is 16.2 Å². The van der Waals surface area contributed by atoms with Crippen LogP contribution in [-0.2, 0) is 23.9 Å². The SMILES string of the molecule is CCn1c(=O)c2cnc(Nc3ccc4c(c3)CNCC4(C)C)nc2n1-c1nc(C2(CF)CC2)cs1. The van der Waals surface area contributed by atoms with Crippen molar-refractivity contribution in [3.05, 3.63) is 57.0 Å². The van der Waals surface area contributed by atoms with E-state index < -0.39 is 12.1 Å². The molecule has 1 aliphatic carbocycles. The van der Waals surface area contributed by atoms with Gasteiger partial charge in [0.2, 0.25) is 11.1 Å². The van der Waals surface area contributed by atoms with Crippen molar-refractivity contribution in [2.45, 2.75) is 57.5 Å². The molecular formula is C25H28FN7OS. The summed E-state index contributed by atoms with van der Waals surface area (Å²) in [5, 5.41) is 9.73. The smallest absolute Gasteiger partial charge is 0.278 e. The van der Waals surface area contributed by atoms with Gasteiger partial charge in [-0.3, -0.25) is 9.18 Å². The minimum Gasteiger partial charge on any atom is -0.324 e. The molecular weight excluding hydrogens is 465 g/mol. The van der Waals surface area contributed by atoms with E-state index in [2.05, 4.69) is 41.6 Å². The van der Waals surface area contributed by atoms with Crippen LogP contribution in [0.3, 0.4) is 0 Å². The zero-order chi connectivity index (χ0) is 24.4. The maximum Gasteiger partial charge on any atom is 0.278 e. The van der Waals surface area contributed by atoms with Gasteiger partial charge in [0.05, 0.1) is 5.69 Å². The van der Waals surface area contributed by atoms with Gasteiger partial charge in [-0.15, -0.1) is 11.3 Å². The van der Waals surface area contributed by atoms with E-state index in [1.165, 1.54) is 22.5 Å². The van der Waals surface area contributed by atoms with Crippen molar-refractivity contribution < 1.29 is 4.39 Å². The first-order valence-corrected chi connectivity index (χ1v) is 12.9. The van der Waals surface area contributed by atoms with E-state index in [9.17, 15) is 9.18 Å². The molecule has 182 valence electrons. The number of aromatic nitrogens is 5. The third kappa shape index (κ3) is 3.58. The predicted molar refractivity (Wildman–Crippen MR) is 136 cm³/mol. The van der Waals surface area contributed by atoms with Crippen molar-refractivity contribution in [1.29, 1.82) is 0 Å². The number of nitrogens with one attached hydrogen (secondary N) is 2. The molecule has 0 spiro atoms. The molecule has 0 bridgehead atoms. The average Bonchev–Trinajstić information content (AvgIpc) is 3.40. The molecule has 6 rings (SSSR count). The molecule has 4 heterocycles. The molecule has 8 nitrogen and oxygen atoms in total. The molecule has 2 aliphatic rings. The lowest BCUT2D eigenvalue weighted by Crippen LogP contribution is -2.38. The normalized spacial score (nSPS) is 17.9. The minimum atomic E-state index is -0.452.